The van der Waals surface area contributed by atoms with Gasteiger partial charge in [-0.1, -0.05) is 25.1 Å². The Balaban J connectivity index is 1.98. The fraction of sp³-hybridized carbons (Fsp3) is 0.222. The number of rotatable bonds is 6. The van der Waals surface area contributed by atoms with E-state index in [9.17, 15) is 9.59 Å². The molecule has 0 aliphatic heterocycles. The zero-order valence-corrected chi connectivity index (χ0v) is 15.1. The molecule has 0 aliphatic rings. The van der Waals surface area contributed by atoms with E-state index < -0.39 is 0 Å². The van der Waals surface area contributed by atoms with Crippen molar-refractivity contribution >= 4 is 39.1 Å². The monoisotopic (exact) mass is 390 g/mol. The van der Waals surface area contributed by atoms with Gasteiger partial charge in [0, 0.05) is 6.92 Å². The van der Waals surface area contributed by atoms with Crippen molar-refractivity contribution < 1.29 is 14.3 Å². The number of aryl methyl sites for hydroxylation is 1. The third-order valence-electron chi connectivity index (χ3n) is 3.28. The molecular formula is C18H19BrN2O3. The van der Waals surface area contributed by atoms with E-state index in [-0.39, 0.29) is 18.4 Å². The lowest BCUT2D eigenvalue weighted by Gasteiger charge is -2.12. The highest BCUT2D eigenvalue weighted by molar-refractivity contribution is 9.10. The SMILES string of the molecule is CCc1ccc(OCC(=O)Nc2ccccc2NC(C)=O)c(Br)c1. The lowest BCUT2D eigenvalue weighted by molar-refractivity contribution is -0.118. The topological polar surface area (TPSA) is 67.4 Å². The summed E-state index contributed by atoms with van der Waals surface area (Å²) in [6.07, 6.45) is 0.930. The summed E-state index contributed by atoms with van der Waals surface area (Å²) in [6.45, 7) is 3.36. The van der Waals surface area contributed by atoms with Crippen LogP contribution in [0.3, 0.4) is 0 Å². The molecule has 0 bridgehead atoms. The standard InChI is InChI=1S/C18H19BrN2O3/c1-3-13-8-9-17(14(19)10-13)24-11-18(23)21-16-7-5-4-6-15(16)20-12(2)22/h4-10H,3,11H2,1-2H3,(H,20,22)(H,21,23). The molecule has 5 nitrogen and oxygen atoms in total. The predicted molar refractivity (Wildman–Crippen MR) is 98.4 cm³/mol. The van der Waals surface area contributed by atoms with Crippen LogP contribution in [0.5, 0.6) is 5.75 Å². The van der Waals surface area contributed by atoms with E-state index in [0.717, 1.165) is 10.9 Å². The van der Waals surface area contributed by atoms with Crippen LogP contribution in [-0.4, -0.2) is 18.4 Å². The summed E-state index contributed by atoms with van der Waals surface area (Å²) in [5, 5.41) is 5.41. The molecule has 2 N–H and O–H groups in total. The van der Waals surface area contributed by atoms with Crippen LogP contribution in [0, 0.1) is 0 Å². The first kappa shape index (κ1) is 18.0. The van der Waals surface area contributed by atoms with Crippen molar-refractivity contribution in [2.75, 3.05) is 17.2 Å². The van der Waals surface area contributed by atoms with Gasteiger partial charge in [-0.3, -0.25) is 9.59 Å². The van der Waals surface area contributed by atoms with Crippen molar-refractivity contribution in [3.05, 3.63) is 52.5 Å². The molecular weight excluding hydrogens is 372 g/mol. The van der Waals surface area contributed by atoms with Gasteiger partial charge in [-0.25, -0.2) is 0 Å². The fourth-order valence-corrected chi connectivity index (χ4v) is 2.64. The van der Waals surface area contributed by atoms with Crippen molar-refractivity contribution in [2.45, 2.75) is 20.3 Å². The predicted octanol–water partition coefficient (Wildman–Crippen LogP) is 3.99. The number of carbonyl (C=O) groups excluding carboxylic acids is 2. The zero-order chi connectivity index (χ0) is 17.5. The number of hydrogen-bond donors (Lipinski definition) is 2. The number of ether oxygens (including phenoxy) is 1. The van der Waals surface area contributed by atoms with Gasteiger partial charge in [0.25, 0.3) is 5.91 Å². The lowest BCUT2D eigenvalue weighted by Crippen LogP contribution is -2.21. The van der Waals surface area contributed by atoms with Gasteiger partial charge >= 0.3 is 0 Å². The normalized spacial score (nSPS) is 10.1. The molecule has 0 saturated heterocycles. The molecule has 0 heterocycles. The van der Waals surface area contributed by atoms with Crippen LogP contribution in [0.25, 0.3) is 0 Å². The van der Waals surface area contributed by atoms with Crippen molar-refractivity contribution in [1.29, 1.82) is 0 Å². The van der Waals surface area contributed by atoms with E-state index in [1.165, 1.54) is 12.5 Å². The molecule has 126 valence electrons. The molecule has 0 aliphatic carbocycles. The van der Waals surface area contributed by atoms with Gasteiger partial charge in [0.2, 0.25) is 5.91 Å². The Hall–Kier alpha value is -2.34. The second-order valence-electron chi connectivity index (χ2n) is 5.18. The number of anilines is 2. The molecule has 0 unspecified atom stereocenters. The Morgan fingerprint density at radius 3 is 2.33 bits per heavy atom. The molecule has 24 heavy (non-hydrogen) atoms. The maximum absolute atomic E-state index is 12.1. The Labute approximate surface area is 149 Å². The molecule has 2 aromatic carbocycles. The van der Waals surface area contributed by atoms with Gasteiger partial charge < -0.3 is 15.4 Å². The third kappa shape index (κ3) is 5.09. The minimum atomic E-state index is -0.306. The van der Waals surface area contributed by atoms with Crippen molar-refractivity contribution in [3.63, 3.8) is 0 Å². The largest absolute Gasteiger partial charge is 0.483 e. The highest BCUT2D eigenvalue weighted by atomic mass is 79.9. The number of nitrogens with one attached hydrogen (secondary N) is 2. The van der Waals surface area contributed by atoms with E-state index >= 15 is 0 Å². The van der Waals surface area contributed by atoms with Crippen molar-refractivity contribution in [2.24, 2.45) is 0 Å². The number of amides is 2. The molecule has 0 aromatic heterocycles. The van der Waals surface area contributed by atoms with Gasteiger partial charge in [-0.2, -0.15) is 0 Å². The van der Waals surface area contributed by atoms with Crippen LogP contribution in [0.1, 0.15) is 19.4 Å². The number of para-hydroxylation sites is 2. The molecule has 2 amide bonds. The summed E-state index contributed by atoms with van der Waals surface area (Å²) < 4.78 is 6.36. The Morgan fingerprint density at radius 2 is 1.75 bits per heavy atom. The average molecular weight is 391 g/mol. The quantitative estimate of drug-likeness (QED) is 0.783. The first-order valence-electron chi connectivity index (χ1n) is 7.57. The van der Waals surface area contributed by atoms with Crippen LogP contribution in [-0.2, 0) is 16.0 Å². The number of benzene rings is 2. The molecule has 0 fully saturated rings. The zero-order valence-electron chi connectivity index (χ0n) is 13.6. The molecule has 0 spiro atoms. The number of halogens is 1. The minimum absolute atomic E-state index is 0.127. The summed E-state index contributed by atoms with van der Waals surface area (Å²) in [7, 11) is 0. The fourth-order valence-electron chi connectivity index (χ4n) is 2.10. The molecule has 0 saturated carbocycles. The summed E-state index contributed by atoms with van der Waals surface area (Å²) in [5.41, 5.74) is 2.26. The molecule has 2 aromatic rings. The number of hydrogen-bond acceptors (Lipinski definition) is 3. The Morgan fingerprint density at radius 1 is 1.08 bits per heavy atom. The van der Waals surface area contributed by atoms with Crippen molar-refractivity contribution in [3.8, 4) is 5.75 Å². The van der Waals surface area contributed by atoms with E-state index in [4.69, 9.17) is 4.74 Å². The van der Waals surface area contributed by atoms with Crippen LogP contribution in [0.4, 0.5) is 11.4 Å². The van der Waals surface area contributed by atoms with Crippen LogP contribution in [0.15, 0.2) is 46.9 Å². The summed E-state index contributed by atoms with van der Waals surface area (Å²) >= 11 is 3.44. The minimum Gasteiger partial charge on any atom is -0.483 e. The molecule has 6 heteroatoms. The summed E-state index contributed by atoms with van der Waals surface area (Å²) in [4.78, 5) is 23.3. The van der Waals surface area contributed by atoms with Crippen LogP contribution >= 0.6 is 15.9 Å². The Bertz CT molecular complexity index is 747. The summed E-state index contributed by atoms with van der Waals surface area (Å²) in [6, 6.07) is 12.8. The van der Waals surface area contributed by atoms with Crippen molar-refractivity contribution in [1.82, 2.24) is 0 Å². The van der Waals surface area contributed by atoms with E-state index in [1.807, 2.05) is 18.2 Å². The maximum Gasteiger partial charge on any atom is 0.262 e. The average Bonchev–Trinajstić information content (AvgIpc) is 2.55. The van der Waals surface area contributed by atoms with E-state index in [1.54, 1.807) is 24.3 Å². The number of carbonyl (C=O) groups is 2. The van der Waals surface area contributed by atoms with Crippen LogP contribution < -0.4 is 15.4 Å². The third-order valence-corrected chi connectivity index (χ3v) is 3.89. The highest BCUT2D eigenvalue weighted by Crippen LogP contribution is 2.26. The second kappa shape index (κ2) is 8.49. The maximum atomic E-state index is 12.1. The van der Waals surface area contributed by atoms with E-state index in [0.29, 0.717) is 17.1 Å². The van der Waals surface area contributed by atoms with Gasteiger partial charge in [0.05, 0.1) is 15.8 Å². The molecule has 2 rings (SSSR count). The van der Waals surface area contributed by atoms with Gasteiger partial charge in [0.15, 0.2) is 6.61 Å². The first-order chi connectivity index (χ1) is 11.5. The smallest absolute Gasteiger partial charge is 0.262 e. The Kier molecular flexibility index (Phi) is 6.37. The molecule has 0 radical (unpaired) electrons. The van der Waals surface area contributed by atoms with Gasteiger partial charge in [0.1, 0.15) is 5.75 Å². The van der Waals surface area contributed by atoms with Crippen LogP contribution in [0.2, 0.25) is 0 Å². The van der Waals surface area contributed by atoms with E-state index in [2.05, 4.69) is 33.5 Å². The molecule has 0 atom stereocenters. The van der Waals surface area contributed by atoms with Gasteiger partial charge in [-0.05, 0) is 52.2 Å². The lowest BCUT2D eigenvalue weighted by atomic mass is 10.2. The second-order valence-corrected chi connectivity index (χ2v) is 6.04. The van der Waals surface area contributed by atoms with Gasteiger partial charge in [-0.15, -0.1) is 0 Å². The highest BCUT2D eigenvalue weighted by Gasteiger charge is 2.09. The first-order valence-corrected chi connectivity index (χ1v) is 8.36. The summed E-state index contributed by atoms with van der Waals surface area (Å²) in [5.74, 6) is 0.102.